The summed E-state index contributed by atoms with van der Waals surface area (Å²) in [5.74, 6) is 0.954. The van der Waals surface area contributed by atoms with Crippen LogP contribution in [0.2, 0.25) is 0 Å². The molecule has 8 nitrogen and oxygen atoms in total. The summed E-state index contributed by atoms with van der Waals surface area (Å²) in [4.78, 5) is 15.4. The van der Waals surface area contributed by atoms with E-state index in [9.17, 15) is 15.0 Å². The number of hydrogen-bond acceptors (Lipinski definition) is 6. The number of hydrogen-bond donors (Lipinski definition) is 4. The van der Waals surface area contributed by atoms with Gasteiger partial charge in [0.25, 0.3) is 0 Å². The highest BCUT2D eigenvalue weighted by molar-refractivity contribution is 7.81. The number of nitrogens with zero attached hydrogens (tertiary/aromatic N) is 4. The van der Waals surface area contributed by atoms with Gasteiger partial charge in [-0.3, -0.25) is 0 Å². The first-order valence-corrected chi connectivity index (χ1v) is 16.2. The number of aromatic amines is 1. The van der Waals surface area contributed by atoms with Crippen molar-refractivity contribution in [2.45, 2.75) is 84.4 Å². The van der Waals surface area contributed by atoms with Gasteiger partial charge in [-0.25, -0.2) is 14.5 Å². The van der Waals surface area contributed by atoms with Crippen molar-refractivity contribution in [2.75, 3.05) is 19.6 Å². The number of thiol groups is 1. The molecule has 1 aliphatic rings. The molecule has 0 spiro atoms. The van der Waals surface area contributed by atoms with Gasteiger partial charge in [-0.15, -0.1) is 0 Å². The largest absolute Gasteiger partial charge is 0.508 e. The lowest BCUT2D eigenvalue weighted by atomic mass is 9.93. The van der Waals surface area contributed by atoms with Gasteiger partial charge in [0.2, 0.25) is 0 Å². The molecule has 3 heterocycles. The van der Waals surface area contributed by atoms with Crippen molar-refractivity contribution < 1.29 is 10.2 Å². The predicted octanol–water partition coefficient (Wildman–Crippen LogP) is 7.50. The fourth-order valence-corrected chi connectivity index (χ4v) is 5.83. The number of aromatic nitrogens is 4. The minimum atomic E-state index is -0.392. The van der Waals surface area contributed by atoms with Gasteiger partial charge in [0.1, 0.15) is 11.5 Å². The highest BCUT2D eigenvalue weighted by Gasteiger charge is 2.22. The maximum absolute atomic E-state index is 12.8. The normalized spacial score (nSPS) is 14.9. The van der Waals surface area contributed by atoms with Crippen LogP contribution in [0.15, 0.2) is 59.5 Å². The molecule has 1 fully saturated rings. The molecule has 5 rings (SSSR count). The maximum atomic E-state index is 12.8. The molecule has 0 radical (unpaired) electrons. The van der Waals surface area contributed by atoms with Crippen molar-refractivity contribution in [3.63, 3.8) is 0 Å². The zero-order valence-corrected chi connectivity index (χ0v) is 27.9. The number of piperidine rings is 1. The number of phenolic OH excluding ortho intramolecular Hbond substituents is 2. The van der Waals surface area contributed by atoms with Crippen molar-refractivity contribution in [2.24, 2.45) is 5.92 Å². The van der Waals surface area contributed by atoms with Crippen molar-refractivity contribution in [3.8, 4) is 28.6 Å². The van der Waals surface area contributed by atoms with Gasteiger partial charge in [0.05, 0.1) is 11.3 Å². The van der Waals surface area contributed by atoms with Gasteiger partial charge in [0.15, 0.2) is 5.82 Å². The smallest absolute Gasteiger partial charge is 0.348 e. The molecule has 1 aliphatic heterocycles. The fraction of sp³-hybridized carbons (Fsp3) is 0.486. The molecule has 3 N–H and O–H groups in total. The fourth-order valence-electron chi connectivity index (χ4n) is 5.73. The van der Waals surface area contributed by atoms with E-state index in [1.807, 2.05) is 58.0 Å². The molecule has 0 bridgehead atoms. The summed E-state index contributed by atoms with van der Waals surface area (Å²) >= 11 is 4.67. The average Bonchev–Trinajstić information content (AvgIpc) is 3.57. The van der Waals surface area contributed by atoms with Gasteiger partial charge in [-0.2, -0.15) is 17.7 Å². The Morgan fingerprint density at radius 3 is 2.39 bits per heavy atom. The second-order valence-electron chi connectivity index (χ2n) is 12.8. The second-order valence-corrected chi connectivity index (χ2v) is 14.0. The Labute approximate surface area is 266 Å². The van der Waals surface area contributed by atoms with E-state index < -0.39 is 5.69 Å². The standard InChI is InChI=1S/C31H41N5O3S.C4H8/c1-20(2)24-18-25(28(38)19-27(24)37)29-32-33-30(39)36(29)23-5-6-26-22(17-23)10-15-35(26)14-9-21-7-12-34(13-8-21)16-11-31(3,4)40;1-3-4-2/h5-6,10,15,17-21,37-38,40H,7-9,11-14,16H2,1-4H3,(H,33,39);3-4H,1-2H3/b;4-3-. The summed E-state index contributed by atoms with van der Waals surface area (Å²) in [6.45, 7) is 16.7. The SMILES string of the molecule is C/C=C\C.CC(C)c1cc(-c2n[nH]c(=O)n2-c2ccc3c(ccn3CCC3CCN(CCC(C)(C)S)CC3)c2)c(O)cc1O. The van der Waals surface area contributed by atoms with E-state index in [1.165, 1.54) is 36.6 Å². The third-order valence-electron chi connectivity index (χ3n) is 8.55. The minimum absolute atomic E-state index is 0.0199. The van der Waals surface area contributed by atoms with E-state index in [1.54, 1.807) is 6.07 Å². The summed E-state index contributed by atoms with van der Waals surface area (Å²) in [5.41, 5.74) is 2.46. The van der Waals surface area contributed by atoms with E-state index in [0.29, 0.717) is 22.6 Å². The molecule has 2 aromatic carbocycles. The predicted molar refractivity (Wildman–Crippen MR) is 184 cm³/mol. The van der Waals surface area contributed by atoms with Crippen molar-refractivity contribution in [1.29, 1.82) is 0 Å². The lowest BCUT2D eigenvalue weighted by Gasteiger charge is -2.33. The first-order chi connectivity index (χ1) is 20.9. The molecular formula is C35H49N5O3S. The second kappa shape index (κ2) is 14.6. The average molecular weight is 620 g/mol. The zero-order valence-electron chi connectivity index (χ0n) is 27.0. The Hall–Kier alpha value is -3.43. The molecule has 0 aliphatic carbocycles. The van der Waals surface area contributed by atoms with E-state index in [4.69, 9.17) is 0 Å². The molecule has 0 unspecified atom stereocenters. The third kappa shape index (κ3) is 8.18. The molecule has 2 aromatic heterocycles. The van der Waals surface area contributed by atoms with Gasteiger partial charge in [-0.1, -0.05) is 39.8 Å². The molecule has 0 saturated carbocycles. The number of nitrogens with one attached hydrogen (secondary N) is 1. The van der Waals surface area contributed by atoms with Gasteiger partial charge >= 0.3 is 5.69 Å². The van der Waals surface area contributed by atoms with Crippen LogP contribution in [-0.2, 0) is 6.54 Å². The lowest BCUT2D eigenvalue weighted by Crippen LogP contribution is -2.36. The number of phenols is 2. The summed E-state index contributed by atoms with van der Waals surface area (Å²) < 4.78 is 3.86. The van der Waals surface area contributed by atoms with E-state index >= 15 is 0 Å². The number of allylic oxidation sites excluding steroid dienone is 2. The van der Waals surface area contributed by atoms with Crippen LogP contribution in [0.1, 0.15) is 78.7 Å². The lowest BCUT2D eigenvalue weighted by molar-refractivity contribution is 0.171. The highest BCUT2D eigenvalue weighted by atomic mass is 32.1. The maximum Gasteiger partial charge on any atom is 0.348 e. The number of benzene rings is 2. The molecule has 1 saturated heterocycles. The number of rotatable bonds is 9. The molecule has 9 heteroatoms. The Morgan fingerprint density at radius 2 is 1.75 bits per heavy atom. The highest BCUT2D eigenvalue weighted by Crippen LogP contribution is 2.37. The summed E-state index contributed by atoms with van der Waals surface area (Å²) in [6.07, 6.45) is 10.9. The first-order valence-electron chi connectivity index (χ1n) is 15.8. The van der Waals surface area contributed by atoms with Crippen LogP contribution in [0, 0.1) is 5.92 Å². The van der Waals surface area contributed by atoms with Gasteiger partial charge in [-0.05, 0) is 107 Å². The topological polar surface area (TPSA) is 99.3 Å². The number of aryl methyl sites for hydroxylation is 1. The van der Waals surface area contributed by atoms with Crippen LogP contribution in [0.3, 0.4) is 0 Å². The zero-order chi connectivity index (χ0) is 32.0. The third-order valence-corrected chi connectivity index (χ3v) is 8.78. The minimum Gasteiger partial charge on any atom is -0.508 e. The molecule has 238 valence electrons. The van der Waals surface area contributed by atoms with Crippen LogP contribution < -0.4 is 5.69 Å². The molecule has 0 atom stereocenters. The van der Waals surface area contributed by atoms with Crippen molar-refractivity contribution in [3.05, 3.63) is 70.8 Å². The summed E-state index contributed by atoms with van der Waals surface area (Å²) in [6, 6.07) is 11.0. The Balaban J connectivity index is 0.00000104. The number of aromatic hydroxyl groups is 2. The van der Waals surface area contributed by atoms with E-state index in [0.717, 1.165) is 42.8 Å². The van der Waals surface area contributed by atoms with E-state index in [-0.39, 0.29) is 22.2 Å². The Morgan fingerprint density at radius 1 is 1.05 bits per heavy atom. The summed E-state index contributed by atoms with van der Waals surface area (Å²) in [5, 5.41) is 28.7. The number of fused-ring (bicyclic) bond motifs is 1. The number of likely N-dealkylation sites (tertiary alicyclic amines) is 1. The van der Waals surface area contributed by atoms with Gasteiger partial charge < -0.3 is 19.7 Å². The number of H-pyrrole nitrogens is 1. The molecule has 44 heavy (non-hydrogen) atoms. The van der Waals surface area contributed by atoms with Crippen LogP contribution in [0.4, 0.5) is 0 Å². The van der Waals surface area contributed by atoms with Gasteiger partial charge in [0, 0.05) is 34.5 Å². The van der Waals surface area contributed by atoms with Crippen LogP contribution in [0.25, 0.3) is 28.0 Å². The van der Waals surface area contributed by atoms with Crippen molar-refractivity contribution in [1.82, 2.24) is 24.2 Å². The first kappa shape index (κ1) is 33.5. The molecular weight excluding hydrogens is 570 g/mol. The molecule has 4 aromatic rings. The van der Waals surface area contributed by atoms with Crippen molar-refractivity contribution >= 4 is 23.5 Å². The summed E-state index contributed by atoms with van der Waals surface area (Å²) in [7, 11) is 0. The van der Waals surface area contributed by atoms with Crippen LogP contribution in [0.5, 0.6) is 11.5 Å². The quantitative estimate of drug-likeness (QED) is 0.115. The van der Waals surface area contributed by atoms with E-state index in [2.05, 4.69) is 58.4 Å². The Bertz CT molecular complexity index is 1610. The molecule has 0 amide bonds. The monoisotopic (exact) mass is 619 g/mol. The van der Waals surface area contributed by atoms with Crippen LogP contribution in [-0.4, -0.2) is 58.8 Å². The van der Waals surface area contributed by atoms with Crippen LogP contribution >= 0.6 is 12.6 Å². The Kier molecular flexibility index (Phi) is 11.1.